The van der Waals surface area contributed by atoms with Crippen molar-refractivity contribution in [2.24, 2.45) is 0 Å². The Morgan fingerprint density at radius 3 is 2.81 bits per heavy atom. The summed E-state index contributed by atoms with van der Waals surface area (Å²) in [4.78, 5) is 19.4. The van der Waals surface area contributed by atoms with Gasteiger partial charge in [0.15, 0.2) is 5.82 Å². The molecule has 2 aromatic rings. The van der Waals surface area contributed by atoms with Gasteiger partial charge in [-0.2, -0.15) is 0 Å². The van der Waals surface area contributed by atoms with E-state index >= 15 is 0 Å². The third-order valence-corrected chi connectivity index (χ3v) is 1.88. The Morgan fingerprint density at radius 1 is 1.50 bits per heavy atom. The molecule has 0 aliphatic carbocycles. The van der Waals surface area contributed by atoms with Gasteiger partial charge in [-0.15, -0.1) is 0 Å². The van der Waals surface area contributed by atoms with E-state index in [-0.39, 0.29) is 0 Å². The topological polar surface area (TPSA) is 73.8 Å². The molecule has 2 rings (SSSR count). The largest absolute Gasteiger partial charge is 0.442 e. The molecule has 16 heavy (non-hydrogen) atoms. The molecule has 0 atom stereocenters. The van der Waals surface area contributed by atoms with Gasteiger partial charge >= 0.3 is 5.76 Å². The van der Waals surface area contributed by atoms with Crippen LogP contribution in [0.3, 0.4) is 0 Å². The fraction of sp³-hybridized carbons (Fsp3) is 0.200. The summed E-state index contributed by atoms with van der Waals surface area (Å²) in [6.45, 7) is 5.89. The summed E-state index contributed by atoms with van der Waals surface area (Å²) in [6, 6.07) is 1.69. The zero-order valence-electron chi connectivity index (χ0n) is 8.75. The van der Waals surface area contributed by atoms with Crippen LogP contribution in [0.1, 0.15) is 6.92 Å². The standard InChI is InChI=1S/C10H10N4O2/c1-7(2)6-14-9(13-16-10(14)15)8-11-4-3-5-12-8/h3-5H,1,6H2,2H3. The predicted octanol–water partition coefficient (Wildman–Crippen LogP) is 0.869. The summed E-state index contributed by atoms with van der Waals surface area (Å²) in [5.74, 6) is 0.133. The molecular weight excluding hydrogens is 208 g/mol. The number of nitrogens with zero attached hydrogens (tertiary/aromatic N) is 4. The maximum absolute atomic E-state index is 11.4. The molecule has 0 amide bonds. The van der Waals surface area contributed by atoms with Crippen molar-refractivity contribution in [1.82, 2.24) is 19.7 Å². The molecule has 6 nitrogen and oxygen atoms in total. The minimum atomic E-state index is -0.537. The summed E-state index contributed by atoms with van der Waals surface area (Å²) >= 11 is 0. The summed E-state index contributed by atoms with van der Waals surface area (Å²) in [5, 5.41) is 3.65. The maximum atomic E-state index is 11.4. The van der Waals surface area contributed by atoms with Gasteiger partial charge in [0, 0.05) is 12.4 Å². The second kappa shape index (κ2) is 4.09. The van der Waals surface area contributed by atoms with E-state index in [0.29, 0.717) is 18.2 Å². The Balaban J connectivity index is 2.50. The average molecular weight is 218 g/mol. The lowest BCUT2D eigenvalue weighted by atomic mass is 10.3. The highest BCUT2D eigenvalue weighted by atomic mass is 16.5. The third-order valence-electron chi connectivity index (χ3n) is 1.88. The highest BCUT2D eigenvalue weighted by Crippen LogP contribution is 2.09. The first-order valence-electron chi connectivity index (χ1n) is 4.67. The summed E-state index contributed by atoms with van der Waals surface area (Å²) < 4.78 is 5.93. The van der Waals surface area contributed by atoms with Gasteiger partial charge in [-0.05, 0) is 13.0 Å². The van der Waals surface area contributed by atoms with E-state index in [1.54, 1.807) is 18.5 Å². The fourth-order valence-corrected chi connectivity index (χ4v) is 1.25. The number of rotatable bonds is 3. The van der Waals surface area contributed by atoms with Crippen LogP contribution in [0.15, 0.2) is 39.9 Å². The first-order valence-corrected chi connectivity index (χ1v) is 4.67. The first kappa shape index (κ1) is 10.3. The molecule has 0 N–H and O–H groups in total. The Morgan fingerprint density at radius 2 is 2.19 bits per heavy atom. The molecule has 6 heteroatoms. The van der Waals surface area contributed by atoms with Gasteiger partial charge in [0.05, 0.1) is 6.54 Å². The molecule has 0 spiro atoms. The van der Waals surface area contributed by atoms with E-state index in [2.05, 4.69) is 26.2 Å². The second-order valence-electron chi connectivity index (χ2n) is 3.39. The van der Waals surface area contributed by atoms with Gasteiger partial charge in [0.2, 0.25) is 5.82 Å². The Labute approximate surface area is 91.3 Å². The quantitative estimate of drug-likeness (QED) is 0.714. The average Bonchev–Trinajstić information content (AvgIpc) is 2.61. The molecule has 0 saturated heterocycles. The zero-order valence-corrected chi connectivity index (χ0v) is 8.75. The molecule has 0 aliphatic heterocycles. The lowest BCUT2D eigenvalue weighted by Crippen LogP contribution is -2.16. The molecule has 0 fully saturated rings. The van der Waals surface area contributed by atoms with Gasteiger partial charge < -0.3 is 0 Å². The molecule has 0 unspecified atom stereocenters. The Kier molecular flexibility index (Phi) is 2.63. The van der Waals surface area contributed by atoms with E-state index in [1.807, 2.05) is 6.92 Å². The van der Waals surface area contributed by atoms with Crippen molar-refractivity contribution >= 4 is 0 Å². The molecule has 0 saturated carbocycles. The van der Waals surface area contributed by atoms with Gasteiger partial charge in [0.1, 0.15) is 0 Å². The van der Waals surface area contributed by atoms with Crippen LogP contribution in [0.2, 0.25) is 0 Å². The minimum Gasteiger partial charge on any atom is -0.295 e. The number of hydrogen-bond donors (Lipinski definition) is 0. The SMILES string of the molecule is C=C(C)Cn1c(-c2ncccn2)noc1=O. The van der Waals surface area contributed by atoms with Crippen LogP contribution in [0.5, 0.6) is 0 Å². The van der Waals surface area contributed by atoms with Crippen LogP contribution < -0.4 is 5.76 Å². The fourth-order valence-electron chi connectivity index (χ4n) is 1.25. The number of hydrogen-bond acceptors (Lipinski definition) is 5. The van der Waals surface area contributed by atoms with Crippen molar-refractivity contribution in [3.8, 4) is 11.6 Å². The first-order chi connectivity index (χ1) is 7.68. The van der Waals surface area contributed by atoms with Gasteiger partial charge in [0.25, 0.3) is 0 Å². The van der Waals surface area contributed by atoms with Crippen LogP contribution in [-0.2, 0) is 6.54 Å². The molecule has 0 radical (unpaired) electrons. The lowest BCUT2D eigenvalue weighted by Gasteiger charge is -2.01. The normalized spacial score (nSPS) is 10.3. The van der Waals surface area contributed by atoms with Crippen LogP contribution in [0, 0.1) is 0 Å². The number of aromatic nitrogens is 4. The summed E-state index contributed by atoms with van der Waals surface area (Å²) in [7, 11) is 0. The van der Waals surface area contributed by atoms with E-state index in [4.69, 9.17) is 0 Å². The molecular formula is C10H10N4O2. The van der Waals surface area contributed by atoms with E-state index < -0.39 is 5.76 Å². The zero-order chi connectivity index (χ0) is 11.5. The molecule has 0 bridgehead atoms. The molecule has 82 valence electrons. The third kappa shape index (κ3) is 1.90. The smallest absolute Gasteiger partial charge is 0.295 e. The van der Waals surface area contributed by atoms with E-state index in [1.165, 1.54) is 4.57 Å². The minimum absolute atomic E-state index is 0.314. The van der Waals surface area contributed by atoms with Crippen molar-refractivity contribution in [3.05, 3.63) is 41.2 Å². The van der Waals surface area contributed by atoms with Crippen LogP contribution in [-0.4, -0.2) is 19.7 Å². The van der Waals surface area contributed by atoms with Gasteiger partial charge in [-0.1, -0.05) is 17.3 Å². The van der Waals surface area contributed by atoms with Crippen molar-refractivity contribution in [3.63, 3.8) is 0 Å². The summed E-state index contributed by atoms with van der Waals surface area (Å²) in [6.07, 6.45) is 3.15. The van der Waals surface area contributed by atoms with Crippen molar-refractivity contribution < 1.29 is 4.52 Å². The van der Waals surface area contributed by atoms with Crippen LogP contribution in [0.4, 0.5) is 0 Å². The molecule has 2 heterocycles. The Bertz CT molecular complexity index is 556. The van der Waals surface area contributed by atoms with Crippen LogP contribution >= 0.6 is 0 Å². The molecule has 2 aromatic heterocycles. The van der Waals surface area contributed by atoms with Crippen molar-refractivity contribution in [1.29, 1.82) is 0 Å². The van der Waals surface area contributed by atoms with Crippen molar-refractivity contribution in [2.75, 3.05) is 0 Å². The lowest BCUT2D eigenvalue weighted by molar-refractivity contribution is 0.378. The molecule has 0 aromatic carbocycles. The Hall–Kier alpha value is -2.24. The monoisotopic (exact) mass is 218 g/mol. The predicted molar refractivity (Wildman–Crippen MR) is 56.6 cm³/mol. The molecule has 0 aliphatic rings. The highest BCUT2D eigenvalue weighted by molar-refractivity contribution is 5.41. The second-order valence-corrected chi connectivity index (χ2v) is 3.39. The number of allylic oxidation sites excluding steroid dienone is 1. The van der Waals surface area contributed by atoms with E-state index in [0.717, 1.165) is 5.57 Å². The highest BCUT2D eigenvalue weighted by Gasteiger charge is 2.14. The van der Waals surface area contributed by atoms with Crippen molar-refractivity contribution in [2.45, 2.75) is 13.5 Å². The van der Waals surface area contributed by atoms with Crippen LogP contribution in [0.25, 0.3) is 11.6 Å². The van der Waals surface area contributed by atoms with E-state index in [9.17, 15) is 4.79 Å². The summed E-state index contributed by atoms with van der Waals surface area (Å²) in [5.41, 5.74) is 0.822. The maximum Gasteiger partial charge on any atom is 0.442 e. The van der Waals surface area contributed by atoms with Gasteiger partial charge in [-0.3, -0.25) is 4.52 Å². The van der Waals surface area contributed by atoms with Gasteiger partial charge in [-0.25, -0.2) is 19.3 Å².